The fourth-order valence-electron chi connectivity index (χ4n) is 3.62. The van der Waals surface area contributed by atoms with Crippen LogP contribution in [0.3, 0.4) is 0 Å². The zero-order valence-corrected chi connectivity index (χ0v) is 21.5. The van der Waals surface area contributed by atoms with Crippen molar-refractivity contribution in [2.75, 3.05) is 24.3 Å². The number of hydrogen-bond donors (Lipinski definition) is 4. The van der Waals surface area contributed by atoms with Gasteiger partial charge in [-0.2, -0.15) is 0 Å². The molecule has 0 saturated heterocycles. The topological polar surface area (TPSA) is 99.2 Å². The molecule has 0 bridgehead atoms. The van der Waals surface area contributed by atoms with Gasteiger partial charge in [0.15, 0.2) is 5.11 Å². The summed E-state index contributed by atoms with van der Waals surface area (Å²) in [7, 11) is 1.65. The Labute approximate surface area is 218 Å². The van der Waals surface area contributed by atoms with Crippen LogP contribution in [0.2, 0.25) is 5.02 Å². The number of hydrogen-bond acceptors (Lipinski definition) is 5. The van der Waals surface area contributed by atoms with Gasteiger partial charge >= 0.3 is 0 Å². The molecule has 0 radical (unpaired) electrons. The molecule has 186 valence electrons. The lowest BCUT2D eigenvalue weighted by Crippen LogP contribution is -2.39. The standard InChI is InChI=1S/C25H25ClFN7OS/c1-14-10-15(2)31-24(30-14)33-23(34-25(36)32-17-4-6-21(27)20(26)11-17)28-9-8-16-13-29-22-7-5-18(35-3)12-19(16)22/h4-7,10-13,29H,8-9H2,1-3H3,(H3,28,30,31,32,33,34,36). The Kier molecular flexibility index (Phi) is 7.97. The molecule has 4 rings (SSSR count). The first kappa shape index (κ1) is 25.3. The number of ether oxygens (including phenoxy) is 1. The number of aryl methyl sites for hydroxylation is 2. The maximum atomic E-state index is 13.5. The minimum Gasteiger partial charge on any atom is -0.497 e. The summed E-state index contributed by atoms with van der Waals surface area (Å²) < 4.78 is 18.8. The maximum Gasteiger partial charge on any atom is 0.229 e. The molecule has 0 aliphatic carbocycles. The summed E-state index contributed by atoms with van der Waals surface area (Å²) in [5.74, 6) is 1.04. The number of nitrogens with one attached hydrogen (secondary N) is 4. The smallest absolute Gasteiger partial charge is 0.229 e. The van der Waals surface area contributed by atoms with E-state index in [4.69, 9.17) is 28.6 Å². The number of guanidine groups is 1. The highest BCUT2D eigenvalue weighted by Gasteiger charge is 2.10. The molecule has 0 unspecified atom stereocenters. The van der Waals surface area contributed by atoms with Gasteiger partial charge in [0.05, 0.1) is 12.1 Å². The van der Waals surface area contributed by atoms with E-state index in [1.165, 1.54) is 18.2 Å². The van der Waals surface area contributed by atoms with E-state index in [-0.39, 0.29) is 10.1 Å². The molecule has 0 aliphatic heterocycles. The summed E-state index contributed by atoms with van der Waals surface area (Å²) in [4.78, 5) is 16.8. The number of aromatic nitrogens is 3. The normalized spacial score (nSPS) is 11.4. The van der Waals surface area contributed by atoms with E-state index in [1.54, 1.807) is 7.11 Å². The van der Waals surface area contributed by atoms with Gasteiger partial charge in [-0.1, -0.05) is 11.6 Å². The fourth-order valence-corrected chi connectivity index (χ4v) is 4.02. The molecule has 11 heteroatoms. The van der Waals surface area contributed by atoms with Crippen LogP contribution in [0.25, 0.3) is 10.9 Å². The number of aliphatic imine (C=N–C) groups is 1. The van der Waals surface area contributed by atoms with Crippen LogP contribution in [0.4, 0.5) is 16.0 Å². The molecule has 2 heterocycles. The van der Waals surface area contributed by atoms with Gasteiger partial charge in [0.1, 0.15) is 11.6 Å². The highest BCUT2D eigenvalue weighted by atomic mass is 35.5. The Balaban J connectivity index is 1.51. The van der Waals surface area contributed by atoms with E-state index >= 15 is 0 Å². The Morgan fingerprint density at radius 1 is 1.11 bits per heavy atom. The van der Waals surface area contributed by atoms with Crippen molar-refractivity contribution in [2.24, 2.45) is 4.99 Å². The molecule has 0 aliphatic rings. The van der Waals surface area contributed by atoms with Gasteiger partial charge in [-0.15, -0.1) is 0 Å². The molecule has 8 nitrogen and oxygen atoms in total. The lowest BCUT2D eigenvalue weighted by Gasteiger charge is -2.14. The fraction of sp³-hybridized carbons (Fsp3) is 0.200. The summed E-state index contributed by atoms with van der Waals surface area (Å²) in [5.41, 5.74) is 4.31. The monoisotopic (exact) mass is 525 g/mol. The minimum absolute atomic E-state index is 0.00573. The summed E-state index contributed by atoms with van der Waals surface area (Å²) in [6.45, 7) is 4.23. The summed E-state index contributed by atoms with van der Waals surface area (Å²) in [6.07, 6.45) is 2.64. The molecule has 0 fully saturated rings. The van der Waals surface area contributed by atoms with Crippen molar-refractivity contribution in [1.29, 1.82) is 0 Å². The molecular weight excluding hydrogens is 501 g/mol. The second-order valence-electron chi connectivity index (χ2n) is 8.01. The number of halogens is 2. The zero-order chi connectivity index (χ0) is 25.7. The Bertz CT molecular complexity index is 1420. The van der Waals surface area contributed by atoms with Gasteiger partial charge in [0.2, 0.25) is 11.9 Å². The molecule has 36 heavy (non-hydrogen) atoms. The van der Waals surface area contributed by atoms with E-state index < -0.39 is 5.82 Å². The van der Waals surface area contributed by atoms with Crippen LogP contribution >= 0.6 is 23.8 Å². The maximum absolute atomic E-state index is 13.5. The average Bonchev–Trinajstić information content (AvgIpc) is 3.22. The van der Waals surface area contributed by atoms with Crippen molar-refractivity contribution < 1.29 is 9.13 Å². The SMILES string of the molecule is COc1ccc2[nH]cc(CCN=C(NC(=S)Nc3ccc(F)c(Cl)c3)Nc3nc(C)cc(C)n3)c2c1. The van der Waals surface area contributed by atoms with Gasteiger partial charge in [-0.3, -0.25) is 10.3 Å². The predicted molar refractivity (Wildman–Crippen MR) is 147 cm³/mol. The highest BCUT2D eigenvalue weighted by molar-refractivity contribution is 7.80. The molecule has 0 spiro atoms. The van der Waals surface area contributed by atoms with Crippen molar-refractivity contribution in [3.63, 3.8) is 0 Å². The van der Waals surface area contributed by atoms with Gasteiger partial charge in [0.25, 0.3) is 0 Å². The molecular formula is C25H25ClFN7OS. The number of rotatable bonds is 6. The number of aromatic amines is 1. The van der Waals surface area contributed by atoms with Crippen LogP contribution < -0.4 is 20.7 Å². The van der Waals surface area contributed by atoms with E-state index in [9.17, 15) is 4.39 Å². The van der Waals surface area contributed by atoms with Gasteiger partial charge in [-0.25, -0.2) is 14.4 Å². The van der Waals surface area contributed by atoms with Crippen LogP contribution in [0, 0.1) is 19.7 Å². The third-order valence-corrected chi connectivity index (χ3v) is 5.74. The van der Waals surface area contributed by atoms with E-state index in [0.717, 1.165) is 33.6 Å². The lowest BCUT2D eigenvalue weighted by atomic mass is 10.1. The van der Waals surface area contributed by atoms with Crippen molar-refractivity contribution >= 4 is 57.4 Å². The first-order chi connectivity index (χ1) is 17.3. The highest BCUT2D eigenvalue weighted by Crippen LogP contribution is 2.24. The van der Waals surface area contributed by atoms with Crippen LogP contribution in [-0.2, 0) is 6.42 Å². The molecule has 4 aromatic rings. The van der Waals surface area contributed by atoms with Crippen molar-refractivity contribution in [1.82, 2.24) is 20.3 Å². The van der Waals surface area contributed by atoms with Crippen molar-refractivity contribution in [2.45, 2.75) is 20.3 Å². The van der Waals surface area contributed by atoms with Gasteiger partial charge in [-0.05, 0) is 80.5 Å². The number of benzene rings is 2. The van der Waals surface area contributed by atoms with E-state index in [0.29, 0.717) is 30.6 Å². The van der Waals surface area contributed by atoms with Crippen LogP contribution in [-0.4, -0.2) is 39.7 Å². The Morgan fingerprint density at radius 3 is 2.61 bits per heavy atom. The second-order valence-corrected chi connectivity index (χ2v) is 8.83. The van der Waals surface area contributed by atoms with Crippen LogP contribution in [0.1, 0.15) is 17.0 Å². The number of thiocarbonyl (C=S) groups is 1. The first-order valence-corrected chi connectivity index (χ1v) is 11.9. The third-order valence-electron chi connectivity index (χ3n) is 5.25. The third kappa shape index (κ3) is 6.46. The minimum atomic E-state index is -0.508. The summed E-state index contributed by atoms with van der Waals surface area (Å²) >= 11 is 11.3. The average molecular weight is 526 g/mol. The number of fused-ring (bicyclic) bond motifs is 1. The first-order valence-electron chi connectivity index (χ1n) is 11.1. The van der Waals surface area contributed by atoms with Crippen LogP contribution in [0.15, 0.2) is 53.7 Å². The number of methoxy groups -OCH3 is 1. The zero-order valence-electron chi connectivity index (χ0n) is 19.9. The molecule has 4 N–H and O–H groups in total. The molecule has 2 aromatic carbocycles. The summed E-state index contributed by atoms with van der Waals surface area (Å²) in [6, 6.07) is 12.0. The number of nitrogens with zero attached hydrogens (tertiary/aromatic N) is 3. The number of H-pyrrole nitrogens is 1. The molecule has 0 saturated carbocycles. The number of anilines is 2. The van der Waals surface area contributed by atoms with E-state index in [1.807, 2.05) is 44.3 Å². The van der Waals surface area contributed by atoms with Gasteiger partial charge in [0, 0.05) is 40.7 Å². The largest absolute Gasteiger partial charge is 0.497 e. The molecule has 2 aromatic heterocycles. The predicted octanol–water partition coefficient (Wildman–Crippen LogP) is 5.37. The van der Waals surface area contributed by atoms with Crippen molar-refractivity contribution in [3.8, 4) is 5.75 Å². The van der Waals surface area contributed by atoms with E-state index in [2.05, 4.69) is 35.9 Å². The Hall–Kier alpha value is -3.76. The van der Waals surface area contributed by atoms with Crippen molar-refractivity contribution in [3.05, 3.63) is 76.5 Å². The summed E-state index contributed by atoms with van der Waals surface area (Å²) in [5, 5.41) is 10.4. The Morgan fingerprint density at radius 2 is 1.89 bits per heavy atom. The quantitative estimate of drug-likeness (QED) is 0.152. The van der Waals surface area contributed by atoms with Crippen LogP contribution in [0.5, 0.6) is 5.75 Å². The lowest BCUT2D eigenvalue weighted by molar-refractivity contribution is 0.415. The molecule has 0 atom stereocenters. The second kappa shape index (κ2) is 11.3. The van der Waals surface area contributed by atoms with Gasteiger partial charge < -0.3 is 20.4 Å². The molecule has 0 amide bonds.